The Morgan fingerprint density at radius 3 is 2.70 bits per heavy atom. The van der Waals surface area contributed by atoms with Gasteiger partial charge in [-0.25, -0.2) is 18.1 Å². The van der Waals surface area contributed by atoms with Gasteiger partial charge in [-0.15, -0.1) is 0 Å². The van der Waals surface area contributed by atoms with Crippen molar-refractivity contribution in [1.82, 2.24) is 9.71 Å². The van der Waals surface area contributed by atoms with Gasteiger partial charge in [-0.3, -0.25) is 0 Å². The molecule has 0 saturated heterocycles. The lowest BCUT2D eigenvalue weighted by atomic mass is 10.1. The van der Waals surface area contributed by atoms with Crippen LogP contribution in [0.3, 0.4) is 0 Å². The van der Waals surface area contributed by atoms with E-state index in [0.29, 0.717) is 11.7 Å². The number of nitrogens with zero attached hydrogens (tertiary/aromatic N) is 1. The Morgan fingerprint density at radius 1 is 1.35 bits per heavy atom. The third-order valence-electron chi connectivity index (χ3n) is 3.77. The number of hydrogen-bond acceptors (Lipinski definition) is 4. The summed E-state index contributed by atoms with van der Waals surface area (Å²) in [5.41, 5.74) is 0. The molecule has 2 rings (SSSR count). The Morgan fingerprint density at radius 2 is 2.15 bits per heavy atom. The molecule has 112 valence electrons. The normalized spacial score (nSPS) is 22.9. The number of hydrogen-bond donors (Lipinski definition) is 2. The summed E-state index contributed by atoms with van der Waals surface area (Å²) in [5.74, 6) is 1.11. The van der Waals surface area contributed by atoms with Crippen molar-refractivity contribution >= 4 is 15.8 Å². The zero-order valence-electron chi connectivity index (χ0n) is 12.1. The van der Waals surface area contributed by atoms with E-state index in [2.05, 4.69) is 28.9 Å². The maximum atomic E-state index is 12.3. The lowest BCUT2D eigenvalue weighted by Gasteiger charge is -2.17. The van der Waals surface area contributed by atoms with Crippen LogP contribution < -0.4 is 10.0 Å². The van der Waals surface area contributed by atoms with Crippen LogP contribution in [-0.4, -0.2) is 26.0 Å². The van der Waals surface area contributed by atoms with E-state index in [1.165, 1.54) is 6.20 Å². The molecule has 2 unspecified atom stereocenters. The first-order valence-corrected chi connectivity index (χ1v) is 8.73. The minimum Gasteiger partial charge on any atom is -0.370 e. The predicted molar refractivity (Wildman–Crippen MR) is 80.1 cm³/mol. The van der Waals surface area contributed by atoms with Crippen LogP contribution in [0, 0.1) is 5.92 Å². The van der Waals surface area contributed by atoms with Crippen molar-refractivity contribution < 1.29 is 8.42 Å². The summed E-state index contributed by atoms with van der Waals surface area (Å²) in [6.45, 7) is 4.99. The number of pyridine rings is 1. The van der Waals surface area contributed by atoms with Gasteiger partial charge in [0, 0.05) is 18.8 Å². The fourth-order valence-electron chi connectivity index (χ4n) is 2.48. The van der Waals surface area contributed by atoms with Crippen LogP contribution in [0.25, 0.3) is 0 Å². The van der Waals surface area contributed by atoms with Crippen molar-refractivity contribution in [2.45, 2.75) is 50.5 Å². The van der Waals surface area contributed by atoms with E-state index in [4.69, 9.17) is 0 Å². The van der Waals surface area contributed by atoms with Gasteiger partial charge >= 0.3 is 0 Å². The average Bonchev–Trinajstić information content (AvgIpc) is 2.82. The van der Waals surface area contributed by atoms with Gasteiger partial charge in [0.1, 0.15) is 10.7 Å². The summed E-state index contributed by atoms with van der Waals surface area (Å²) < 4.78 is 27.4. The molecule has 1 aliphatic carbocycles. The maximum absolute atomic E-state index is 12.3. The van der Waals surface area contributed by atoms with Crippen LogP contribution in [0.1, 0.15) is 39.5 Å². The van der Waals surface area contributed by atoms with Gasteiger partial charge in [-0.05, 0) is 37.3 Å². The summed E-state index contributed by atoms with van der Waals surface area (Å²) in [7, 11) is -3.45. The highest BCUT2D eigenvalue weighted by atomic mass is 32.2. The minimum absolute atomic E-state index is 0.0536. The topological polar surface area (TPSA) is 71.1 Å². The molecule has 1 saturated carbocycles. The predicted octanol–water partition coefficient (Wildman–Crippen LogP) is 2.37. The molecule has 0 aliphatic heterocycles. The molecule has 2 N–H and O–H groups in total. The van der Waals surface area contributed by atoms with Gasteiger partial charge in [-0.1, -0.05) is 20.3 Å². The highest BCUT2D eigenvalue weighted by Crippen LogP contribution is 2.26. The average molecular weight is 297 g/mol. The molecular formula is C14H23N3O2S. The molecule has 2 atom stereocenters. The van der Waals surface area contributed by atoms with Crippen molar-refractivity contribution in [2.24, 2.45) is 5.92 Å². The lowest BCUT2D eigenvalue weighted by molar-refractivity contribution is 0.476. The van der Waals surface area contributed by atoms with E-state index in [9.17, 15) is 8.42 Å². The van der Waals surface area contributed by atoms with Gasteiger partial charge in [-0.2, -0.15) is 0 Å². The van der Waals surface area contributed by atoms with E-state index < -0.39 is 10.0 Å². The summed E-state index contributed by atoms with van der Waals surface area (Å²) in [5, 5.41) is 3.13. The summed E-state index contributed by atoms with van der Waals surface area (Å²) in [4.78, 5) is 4.38. The van der Waals surface area contributed by atoms with Gasteiger partial charge in [0.25, 0.3) is 0 Å². The molecule has 6 heteroatoms. The van der Waals surface area contributed by atoms with Crippen LogP contribution >= 0.6 is 0 Å². The molecular weight excluding hydrogens is 274 g/mol. The van der Waals surface area contributed by atoms with E-state index in [-0.39, 0.29) is 10.9 Å². The number of rotatable bonds is 6. The van der Waals surface area contributed by atoms with Gasteiger partial charge < -0.3 is 5.32 Å². The molecule has 1 heterocycles. The number of sulfonamides is 1. The molecule has 5 nitrogen and oxygen atoms in total. The van der Waals surface area contributed by atoms with Crippen LogP contribution in [0.15, 0.2) is 23.2 Å². The highest BCUT2D eigenvalue weighted by Gasteiger charge is 2.28. The first-order valence-electron chi connectivity index (χ1n) is 7.25. The van der Waals surface area contributed by atoms with E-state index in [1.807, 2.05) is 0 Å². The SMILES string of the molecule is CCCNc1ccc(S(=O)(=O)NC2CCCC2C)cn1. The van der Waals surface area contributed by atoms with Crippen LogP contribution in [0.2, 0.25) is 0 Å². The van der Waals surface area contributed by atoms with Gasteiger partial charge in [0.05, 0.1) is 0 Å². The molecule has 0 spiro atoms. The number of anilines is 1. The van der Waals surface area contributed by atoms with Crippen LogP contribution in [0.4, 0.5) is 5.82 Å². The smallest absolute Gasteiger partial charge is 0.242 e. The molecule has 1 aromatic rings. The first-order chi connectivity index (χ1) is 9.53. The molecule has 0 bridgehead atoms. The fourth-order valence-corrected chi connectivity index (χ4v) is 3.81. The largest absolute Gasteiger partial charge is 0.370 e. The first kappa shape index (κ1) is 15.3. The number of nitrogens with one attached hydrogen (secondary N) is 2. The molecule has 0 aromatic carbocycles. The monoisotopic (exact) mass is 297 g/mol. The Kier molecular flexibility index (Phi) is 4.99. The molecule has 20 heavy (non-hydrogen) atoms. The number of aromatic nitrogens is 1. The highest BCUT2D eigenvalue weighted by molar-refractivity contribution is 7.89. The Hall–Kier alpha value is -1.14. The van der Waals surface area contributed by atoms with Crippen molar-refractivity contribution in [1.29, 1.82) is 0 Å². The summed E-state index contributed by atoms with van der Waals surface area (Å²) in [6, 6.07) is 3.37. The molecule has 1 aromatic heterocycles. The zero-order chi connectivity index (χ0) is 14.6. The van der Waals surface area contributed by atoms with E-state index in [0.717, 1.165) is 32.2 Å². The van der Waals surface area contributed by atoms with Crippen molar-refractivity contribution in [3.63, 3.8) is 0 Å². The summed E-state index contributed by atoms with van der Waals surface area (Å²) in [6.07, 6.45) is 5.52. The Bertz CT molecular complexity index is 528. The second-order valence-corrected chi connectivity index (χ2v) is 7.16. The standard InChI is InChI=1S/C14H23N3O2S/c1-3-9-15-14-8-7-12(10-16-14)20(18,19)17-13-6-4-5-11(13)2/h7-8,10-11,13,17H,3-6,9H2,1-2H3,(H,15,16). The van der Waals surface area contributed by atoms with E-state index in [1.54, 1.807) is 12.1 Å². The minimum atomic E-state index is -3.45. The van der Waals surface area contributed by atoms with Crippen molar-refractivity contribution in [3.8, 4) is 0 Å². The van der Waals surface area contributed by atoms with Crippen molar-refractivity contribution in [3.05, 3.63) is 18.3 Å². The van der Waals surface area contributed by atoms with Crippen LogP contribution in [0.5, 0.6) is 0 Å². The third kappa shape index (κ3) is 3.70. The molecule has 0 amide bonds. The third-order valence-corrected chi connectivity index (χ3v) is 5.25. The fraction of sp³-hybridized carbons (Fsp3) is 0.643. The maximum Gasteiger partial charge on any atom is 0.242 e. The van der Waals surface area contributed by atoms with Gasteiger partial charge in [0.15, 0.2) is 0 Å². The molecule has 1 aliphatic rings. The van der Waals surface area contributed by atoms with Crippen molar-refractivity contribution in [2.75, 3.05) is 11.9 Å². The Labute approximate surface area is 121 Å². The quantitative estimate of drug-likeness (QED) is 0.845. The summed E-state index contributed by atoms with van der Waals surface area (Å²) >= 11 is 0. The second-order valence-electron chi connectivity index (χ2n) is 5.44. The van der Waals surface area contributed by atoms with Gasteiger partial charge in [0.2, 0.25) is 10.0 Å². The molecule has 1 fully saturated rings. The van der Waals surface area contributed by atoms with Crippen LogP contribution in [-0.2, 0) is 10.0 Å². The zero-order valence-corrected chi connectivity index (χ0v) is 12.9. The lowest BCUT2D eigenvalue weighted by Crippen LogP contribution is -2.36. The Balaban J connectivity index is 2.05. The molecule has 0 radical (unpaired) electrons. The second kappa shape index (κ2) is 6.54. The van der Waals surface area contributed by atoms with E-state index >= 15 is 0 Å².